The molecule has 0 saturated carbocycles. The second-order valence-electron chi connectivity index (χ2n) is 13.6. The molecule has 0 aliphatic carbocycles. The van der Waals surface area contributed by atoms with Gasteiger partial charge in [0.05, 0.1) is 0 Å². The minimum absolute atomic E-state index is 0. The molecular formula is C49H36O9P4Zn2+2. The number of rotatable bonds is 4. The zero-order chi connectivity index (χ0) is 43.6. The van der Waals surface area contributed by atoms with Gasteiger partial charge in [0.15, 0.2) is 10.6 Å². The van der Waals surface area contributed by atoms with Crippen LogP contribution in [0, 0.1) is 6.92 Å². The van der Waals surface area contributed by atoms with Crippen LogP contribution >= 0.6 is 32.8 Å². The summed E-state index contributed by atoms with van der Waals surface area (Å²) in [6.45, 7) is 1.98. The fraction of sp³-hybridized carbons (Fsp3) is 0.0204. The van der Waals surface area contributed by atoms with Crippen LogP contribution in [-0.2, 0) is 48.1 Å². The van der Waals surface area contributed by atoms with Gasteiger partial charge in [0.25, 0.3) is 0 Å². The largest absolute Gasteiger partial charge is 2.00 e. The van der Waals surface area contributed by atoms with Gasteiger partial charge in [0.1, 0.15) is 17.2 Å². The van der Waals surface area contributed by atoms with E-state index in [1.807, 2.05) is 140 Å². The summed E-state index contributed by atoms with van der Waals surface area (Å²) in [7, 11) is -8.70. The molecule has 1 N–H and O–H groups in total. The smallest absolute Gasteiger partial charge is 0.795 e. The SMILES string of the molecule is Cc1ccccc1-c1ccccc1[P+](=O)[O-].O=[P+]([O-])c1ccccc1-c1ccccc1O.[O-]P1Oc2ccccc2-c2ccccc21.[O-]P1Oc2ccccc2-c2ccccc21.[Zn+2].[Zn+2]. The number of hydrogen-bond donors (Lipinski definition) is 1. The van der Waals surface area contributed by atoms with Crippen LogP contribution in [0.4, 0.5) is 0 Å². The molecule has 308 valence electrons. The van der Waals surface area contributed by atoms with Crippen molar-refractivity contribution in [1.29, 1.82) is 0 Å². The standard InChI is InChI=1S/C13H11O2P.C12H9O3P.2C12H8O2P.2Zn/c1-10-6-2-3-7-11(10)12-8-4-5-9-13(12)16(14)15;13-11-7-3-1-5-9(11)10-6-2-4-8-12(10)16(14)15;2*13-15-12-8-4-2-6-10(12)9-5-1-3-7-11(9)14-15;;/h2-9H,1H3;1-8,13H;2*1-8H;;/q;;2*-1;2*+2. The van der Waals surface area contributed by atoms with Gasteiger partial charge < -0.3 is 33.7 Å². The van der Waals surface area contributed by atoms with E-state index in [9.17, 15) is 33.8 Å². The molecule has 15 heteroatoms. The second kappa shape index (κ2) is 24.0. The Morgan fingerprint density at radius 2 is 0.719 bits per heavy atom. The Morgan fingerprint density at radius 3 is 1.14 bits per heavy atom. The van der Waals surface area contributed by atoms with Gasteiger partial charge in [-0.05, 0) is 71.6 Å². The van der Waals surface area contributed by atoms with Crippen LogP contribution in [0.15, 0.2) is 194 Å². The van der Waals surface area contributed by atoms with E-state index in [0.29, 0.717) is 27.9 Å². The van der Waals surface area contributed by atoms with Gasteiger partial charge in [-0.2, -0.15) is 0 Å². The fourth-order valence-electron chi connectivity index (χ4n) is 6.83. The van der Waals surface area contributed by atoms with Crippen molar-refractivity contribution in [2.75, 3.05) is 0 Å². The van der Waals surface area contributed by atoms with Crippen molar-refractivity contribution in [3.05, 3.63) is 200 Å². The fourth-order valence-corrected chi connectivity index (χ4v) is 10.1. The number of aryl methyl sites for hydroxylation is 1. The first-order chi connectivity index (χ1) is 30.1. The quantitative estimate of drug-likeness (QED) is 0.135. The third-order valence-electron chi connectivity index (χ3n) is 9.75. The van der Waals surface area contributed by atoms with Crippen molar-refractivity contribution in [1.82, 2.24) is 0 Å². The molecule has 0 amide bonds. The number of para-hydroxylation sites is 3. The Hall–Kier alpha value is -4.69. The molecule has 2 aliphatic heterocycles. The molecule has 10 rings (SSSR count). The number of benzene rings is 8. The molecule has 2 aliphatic rings. The summed E-state index contributed by atoms with van der Waals surface area (Å²) >= 11 is 0. The Balaban J connectivity index is 0.000000159. The Bertz CT molecular complexity index is 2690. The zero-order valence-electron chi connectivity index (χ0n) is 34.4. The van der Waals surface area contributed by atoms with Crippen molar-refractivity contribution in [2.45, 2.75) is 6.92 Å². The third-order valence-corrected chi connectivity index (χ3v) is 13.6. The van der Waals surface area contributed by atoms with E-state index in [-0.39, 0.29) is 50.0 Å². The monoisotopic (exact) mass is 1020 g/mol. The molecule has 4 atom stereocenters. The van der Waals surface area contributed by atoms with E-state index in [2.05, 4.69) is 0 Å². The first kappa shape index (κ1) is 50.3. The van der Waals surface area contributed by atoms with Crippen LogP contribution in [0.2, 0.25) is 0 Å². The predicted molar refractivity (Wildman–Crippen MR) is 243 cm³/mol. The van der Waals surface area contributed by atoms with Crippen LogP contribution in [0.25, 0.3) is 44.5 Å². The zero-order valence-corrected chi connectivity index (χ0v) is 43.9. The van der Waals surface area contributed by atoms with Gasteiger partial charge in [0.2, 0.25) is 0 Å². The van der Waals surface area contributed by atoms with Crippen molar-refractivity contribution in [3.8, 4) is 61.8 Å². The summed E-state index contributed by atoms with van der Waals surface area (Å²) in [5.74, 6) is 1.49. The van der Waals surface area contributed by atoms with Gasteiger partial charge in [-0.3, -0.25) is 0 Å². The second-order valence-corrected chi connectivity index (χ2v) is 18.0. The van der Waals surface area contributed by atoms with Crippen LogP contribution in [0.3, 0.4) is 0 Å². The summed E-state index contributed by atoms with van der Waals surface area (Å²) in [5, 5.41) is 11.8. The first-order valence-corrected chi connectivity index (χ1v) is 23.8. The van der Waals surface area contributed by atoms with Crippen molar-refractivity contribution in [3.63, 3.8) is 0 Å². The summed E-state index contributed by atoms with van der Waals surface area (Å²) in [5.41, 5.74) is 7.93. The van der Waals surface area contributed by atoms with Crippen LogP contribution < -0.4 is 49.8 Å². The maximum atomic E-state index is 11.8. The van der Waals surface area contributed by atoms with E-state index >= 15 is 0 Å². The van der Waals surface area contributed by atoms with E-state index in [1.54, 1.807) is 48.5 Å². The Morgan fingerprint density at radius 1 is 0.406 bits per heavy atom. The van der Waals surface area contributed by atoms with Crippen molar-refractivity contribution < 1.29 is 81.8 Å². The topological polar surface area (TPSA) is 165 Å². The van der Waals surface area contributed by atoms with Gasteiger partial charge in [-0.25, -0.2) is 0 Å². The van der Waals surface area contributed by atoms with E-state index < -0.39 is 32.8 Å². The van der Waals surface area contributed by atoms with Gasteiger partial charge in [0, 0.05) is 55.2 Å². The molecule has 0 saturated heterocycles. The molecule has 8 aromatic carbocycles. The van der Waals surface area contributed by atoms with Gasteiger partial charge in [-0.1, -0.05) is 161 Å². The normalized spacial score (nSPS) is 13.8. The molecule has 0 aromatic heterocycles. The van der Waals surface area contributed by atoms with E-state index in [0.717, 1.165) is 49.6 Å². The summed E-state index contributed by atoms with van der Waals surface area (Å²) < 4.78 is 32.9. The minimum Gasteiger partial charge on any atom is -0.795 e. The molecule has 0 fully saturated rings. The number of aromatic hydroxyl groups is 1. The number of phenols is 1. The van der Waals surface area contributed by atoms with E-state index in [1.165, 1.54) is 12.1 Å². The molecular weight excluding hydrogens is 987 g/mol. The van der Waals surface area contributed by atoms with E-state index in [4.69, 9.17) is 9.05 Å². The molecule has 0 bridgehead atoms. The molecule has 2 heterocycles. The molecule has 0 radical (unpaired) electrons. The summed E-state index contributed by atoms with van der Waals surface area (Å²) in [6, 6.07) is 58.7. The Labute approximate surface area is 401 Å². The Kier molecular flexibility index (Phi) is 18.9. The van der Waals surface area contributed by atoms with Gasteiger partial charge in [-0.15, -0.1) is 0 Å². The number of phenolic OH excluding ortho intramolecular Hbond substituents is 1. The molecule has 9 nitrogen and oxygen atoms in total. The molecule has 64 heavy (non-hydrogen) atoms. The maximum Gasteiger partial charge on any atom is 2.00 e. The number of fused-ring (bicyclic) bond motifs is 6. The van der Waals surface area contributed by atoms with Crippen LogP contribution in [0.1, 0.15) is 5.56 Å². The van der Waals surface area contributed by atoms with Crippen molar-refractivity contribution in [2.24, 2.45) is 0 Å². The molecule has 8 aromatic rings. The maximum absolute atomic E-state index is 11.8. The minimum atomic E-state index is -2.66. The summed E-state index contributed by atoms with van der Waals surface area (Å²) in [6.07, 6.45) is 0. The predicted octanol–water partition coefficient (Wildman–Crippen LogP) is 8.26. The van der Waals surface area contributed by atoms with Gasteiger partial charge >= 0.3 is 55.0 Å². The summed E-state index contributed by atoms with van der Waals surface area (Å²) in [4.78, 5) is 45.8. The third kappa shape index (κ3) is 11.9. The van der Waals surface area contributed by atoms with Crippen molar-refractivity contribution >= 4 is 54.0 Å². The average Bonchev–Trinajstić information content (AvgIpc) is 3.30. The number of hydrogen-bond acceptors (Lipinski definition) is 9. The molecule has 0 spiro atoms. The van der Waals surface area contributed by atoms with Crippen LogP contribution in [-0.4, -0.2) is 5.11 Å². The molecule has 4 unspecified atom stereocenters. The first-order valence-electron chi connectivity index (χ1n) is 19.1. The van der Waals surface area contributed by atoms with Crippen LogP contribution in [0.5, 0.6) is 17.2 Å². The average molecular weight is 1020 g/mol.